The van der Waals surface area contributed by atoms with Crippen LogP contribution in [0, 0.1) is 17.8 Å². The largest absolute Gasteiger partial charge is 0.490 e. The molecule has 7 atom stereocenters. The zero-order valence-electron chi connectivity index (χ0n) is 32.5. The van der Waals surface area contributed by atoms with E-state index in [1.165, 1.54) is 11.1 Å². The highest BCUT2D eigenvalue weighted by atomic mass is 35.5. The number of amides is 1. The fraction of sp³-hybridized carbons (Fsp3) is 0.690. The van der Waals surface area contributed by atoms with Crippen LogP contribution in [0.3, 0.4) is 0 Å². The Morgan fingerprint density at radius 1 is 1.04 bits per heavy atom. The number of anilines is 1. The second-order valence-corrected chi connectivity index (χ2v) is 18.7. The van der Waals surface area contributed by atoms with Gasteiger partial charge in [-0.15, -0.1) is 0 Å². The normalized spacial score (nSPS) is 33.0. The second kappa shape index (κ2) is 16.5. The van der Waals surface area contributed by atoms with Crippen molar-refractivity contribution in [3.8, 4) is 5.75 Å². The first kappa shape index (κ1) is 39.0. The Morgan fingerprint density at radius 2 is 1.85 bits per heavy atom. The van der Waals surface area contributed by atoms with Crippen LogP contribution >= 0.6 is 11.6 Å². The molecule has 1 saturated heterocycles. The first-order valence-electron chi connectivity index (χ1n) is 20.1. The molecule has 5 unspecified atom stereocenters. The summed E-state index contributed by atoms with van der Waals surface area (Å²) in [5, 5.41) is 0.549. The van der Waals surface area contributed by atoms with Gasteiger partial charge in [0, 0.05) is 88.1 Å². The zero-order chi connectivity index (χ0) is 37.3. The number of carbonyl (C=O) groups is 1. The number of ether oxygens (including phenoxy) is 3. The van der Waals surface area contributed by atoms with E-state index in [-0.39, 0.29) is 28.2 Å². The van der Waals surface area contributed by atoms with E-state index in [1.54, 1.807) is 7.11 Å². The molecule has 3 heterocycles. The van der Waals surface area contributed by atoms with Crippen molar-refractivity contribution >= 4 is 34.2 Å². The molecule has 1 amide bonds. The molecule has 3 aliphatic heterocycles. The van der Waals surface area contributed by atoms with Gasteiger partial charge in [0.1, 0.15) is 22.5 Å². The van der Waals surface area contributed by atoms with Gasteiger partial charge in [0.15, 0.2) is 0 Å². The summed E-state index contributed by atoms with van der Waals surface area (Å²) in [6.45, 7) is 13.5. The SMILES string of the molecule is COCCC1C(C)CCC[C@](OC)(N2CCN(C(C)C)CC2)C2CCC2CN2C[C@@]3(CCCc4cc(Cl)ccc43)COc3ccc(cc32)C(=O)NS1=O. The van der Waals surface area contributed by atoms with Gasteiger partial charge in [0.25, 0.3) is 5.91 Å². The average molecular weight is 769 g/mol. The summed E-state index contributed by atoms with van der Waals surface area (Å²) in [5.74, 6) is 1.40. The number of hydrogen-bond acceptors (Lipinski definition) is 8. The molecule has 2 aromatic carbocycles. The summed E-state index contributed by atoms with van der Waals surface area (Å²) in [6, 6.07) is 12.7. The average Bonchev–Trinajstić information content (AvgIpc) is 3.29. The van der Waals surface area contributed by atoms with Crippen LogP contribution in [-0.2, 0) is 32.3 Å². The summed E-state index contributed by atoms with van der Waals surface area (Å²) >= 11 is 6.53. The summed E-state index contributed by atoms with van der Waals surface area (Å²) in [4.78, 5) is 21.7. The Balaban J connectivity index is 1.29. The third-order valence-electron chi connectivity index (χ3n) is 13.6. The number of rotatable bonds is 6. The number of nitrogens with zero attached hydrogens (tertiary/aromatic N) is 3. The van der Waals surface area contributed by atoms with Gasteiger partial charge in [-0.25, -0.2) is 4.21 Å². The number of carbonyl (C=O) groups excluding carboxylic acids is 1. The van der Waals surface area contributed by atoms with Gasteiger partial charge >= 0.3 is 0 Å². The number of methoxy groups -OCH3 is 2. The van der Waals surface area contributed by atoms with E-state index in [1.807, 2.05) is 31.4 Å². The molecule has 9 nitrogen and oxygen atoms in total. The maximum absolute atomic E-state index is 14.0. The molecule has 5 aliphatic rings. The Labute approximate surface area is 325 Å². The lowest BCUT2D eigenvalue weighted by Gasteiger charge is -2.57. The van der Waals surface area contributed by atoms with Crippen molar-refractivity contribution in [2.75, 3.05) is 71.6 Å². The molecule has 2 bridgehead atoms. The highest BCUT2D eigenvalue weighted by Gasteiger charge is 2.53. The van der Waals surface area contributed by atoms with E-state index in [0.717, 1.165) is 107 Å². The number of benzene rings is 2. The van der Waals surface area contributed by atoms with Crippen LogP contribution in [-0.4, -0.2) is 104 Å². The fourth-order valence-electron chi connectivity index (χ4n) is 10.4. The fourth-order valence-corrected chi connectivity index (χ4v) is 11.9. The minimum atomic E-state index is -1.58. The molecular formula is C42H61ClN4O5S. The predicted octanol–water partition coefficient (Wildman–Crippen LogP) is 6.83. The van der Waals surface area contributed by atoms with Crippen molar-refractivity contribution in [1.29, 1.82) is 0 Å². The van der Waals surface area contributed by atoms with Gasteiger partial charge < -0.3 is 19.1 Å². The van der Waals surface area contributed by atoms with Gasteiger partial charge in [0.2, 0.25) is 0 Å². The number of halogens is 1. The Hall–Kier alpha value is -2.21. The molecule has 0 radical (unpaired) electrons. The van der Waals surface area contributed by atoms with Crippen LogP contribution in [0.2, 0.25) is 5.02 Å². The van der Waals surface area contributed by atoms with Gasteiger partial charge in [-0.05, 0) is 125 Å². The van der Waals surface area contributed by atoms with E-state index >= 15 is 0 Å². The van der Waals surface area contributed by atoms with Crippen molar-refractivity contribution in [3.63, 3.8) is 0 Å². The van der Waals surface area contributed by atoms with Gasteiger partial charge in [-0.3, -0.25) is 19.3 Å². The number of aryl methyl sites for hydroxylation is 1. The maximum atomic E-state index is 14.0. The maximum Gasteiger partial charge on any atom is 0.263 e. The number of nitrogens with one attached hydrogen (secondary N) is 1. The summed E-state index contributed by atoms with van der Waals surface area (Å²) < 4.78 is 36.0. The number of hydrogen-bond donors (Lipinski definition) is 1. The van der Waals surface area contributed by atoms with Gasteiger partial charge in [-0.1, -0.05) is 24.6 Å². The first-order valence-corrected chi connectivity index (χ1v) is 21.7. The standard InChI is InChI=1S/C42H61ClN4O5S/c1-29(2)45-19-21-47(22-20-45)42(51-5)18-6-8-30(3)39(16-23-50-4)53(49)44-40(48)32-11-15-38-37(25-32)46(26-33-10-13-36(33)42)27-41(28-52-38)17-7-9-31-24-34(43)12-14-35(31)41/h11-12,14-15,24-25,29-30,33,36,39H,6-10,13,16-23,26-28H2,1-5H3,(H,44,48)/t30?,33?,36?,39?,41-,42+,53?/m0/s1. The summed E-state index contributed by atoms with van der Waals surface area (Å²) in [7, 11) is 2.04. The van der Waals surface area contributed by atoms with Crippen molar-refractivity contribution < 1.29 is 23.2 Å². The van der Waals surface area contributed by atoms with Crippen LogP contribution in [0.15, 0.2) is 36.4 Å². The summed E-state index contributed by atoms with van der Waals surface area (Å²) in [6.07, 6.45) is 8.78. The van der Waals surface area contributed by atoms with Crippen LogP contribution in [0.1, 0.15) is 93.6 Å². The third kappa shape index (κ3) is 7.79. The van der Waals surface area contributed by atoms with Crippen molar-refractivity contribution in [1.82, 2.24) is 14.5 Å². The molecule has 53 heavy (non-hydrogen) atoms. The van der Waals surface area contributed by atoms with Crippen LogP contribution < -0.4 is 14.4 Å². The molecule has 11 heteroatoms. The lowest BCUT2D eigenvalue weighted by molar-refractivity contribution is -0.219. The van der Waals surface area contributed by atoms with E-state index in [4.69, 9.17) is 25.8 Å². The Kier molecular flexibility index (Phi) is 12.1. The molecule has 1 N–H and O–H groups in total. The second-order valence-electron chi connectivity index (χ2n) is 16.8. The van der Waals surface area contributed by atoms with Crippen molar-refractivity contribution in [2.24, 2.45) is 17.8 Å². The highest BCUT2D eigenvalue weighted by Crippen LogP contribution is 2.51. The zero-order valence-corrected chi connectivity index (χ0v) is 34.1. The monoisotopic (exact) mass is 768 g/mol. The molecule has 1 spiro atoms. The van der Waals surface area contributed by atoms with Crippen LogP contribution in [0.5, 0.6) is 5.75 Å². The molecule has 0 aromatic heterocycles. The predicted molar refractivity (Wildman–Crippen MR) is 213 cm³/mol. The molecule has 292 valence electrons. The molecular weight excluding hydrogens is 708 g/mol. The van der Waals surface area contributed by atoms with Crippen LogP contribution in [0.25, 0.3) is 0 Å². The molecule has 2 aromatic rings. The van der Waals surface area contributed by atoms with Crippen LogP contribution in [0.4, 0.5) is 5.69 Å². The molecule has 7 rings (SSSR count). The van der Waals surface area contributed by atoms with Crippen molar-refractivity contribution in [3.05, 3.63) is 58.1 Å². The van der Waals surface area contributed by atoms with E-state index in [9.17, 15) is 9.00 Å². The molecule has 2 aliphatic carbocycles. The van der Waals surface area contributed by atoms with Gasteiger partial charge in [0.05, 0.1) is 17.5 Å². The summed E-state index contributed by atoms with van der Waals surface area (Å²) in [5.41, 5.74) is 3.50. The van der Waals surface area contributed by atoms with Crippen molar-refractivity contribution in [2.45, 2.75) is 101 Å². The minimum absolute atomic E-state index is 0.129. The van der Waals surface area contributed by atoms with E-state index < -0.39 is 11.0 Å². The first-order chi connectivity index (χ1) is 25.6. The number of fused-ring (bicyclic) bond motifs is 4. The topological polar surface area (TPSA) is 83.6 Å². The van der Waals surface area contributed by atoms with Gasteiger partial charge in [-0.2, -0.15) is 0 Å². The quantitative estimate of drug-likeness (QED) is 0.343. The highest BCUT2D eigenvalue weighted by molar-refractivity contribution is 7.84. The number of piperazine rings is 1. The minimum Gasteiger partial charge on any atom is -0.490 e. The smallest absolute Gasteiger partial charge is 0.263 e. The third-order valence-corrected chi connectivity index (χ3v) is 15.5. The Morgan fingerprint density at radius 3 is 2.57 bits per heavy atom. The lowest BCUT2D eigenvalue weighted by atomic mass is 9.65. The molecule has 2 fully saturated rings. The van der Waals surface area contributed by atoms with E-state index in [2.05, 4.69) is 52.3 Å². The lowest BCUT2D eigenvalue weighted by Crippen LogP contribution is -2.65. The molecule has 1 saturated carbocycles. The Bertz CT molecular complexity index is 1640. The van der Waals surface area contributed by atoms with E-state index in [0.29, 0.717) is 43.1 Å².